The van der Waals surface area contributed by atoms with Gasteiger partial charge in [-0.3, -0.25) is 4.79 Å². The third-order valence-electron chi connectivity index (χ3n) is 4.52. The lowest BCUT2D eigenvalue weighted by atomic mass is 10.1. The summed E-state index contributed by atoms with van der Waals surface area (Å²) < 4.78 is 22.0. The van der Waals surface area contributed by atoms with Gasteiger partial charge >= 0.3 is 0 Å². The maximum absolute atomic E-state index is 13.6. The molecule has 0 spiro atoms. The van der Waals surface area contributed by atoms with Crippen LogP contribution in [0.5, 0.6) is 0 Å². The van der Waals surface area contributed by atoms with E-state index in [1.165, 1.54) is 12.1 Å². The fourth-order valence-electron chi connectivity index (χ4n) is 3.22. The number of aromatic nitrogens is 3. The van der Waals surface area contributed by atoms with E-state index in [9.17, 15) is 9.18 Å². The molecule has 0 atom stereocenters. The van der Waals surface area contributed by atoms with Crippen LogP contribution in [0.15, 0.2) is 70.2 Å². The van der Waals surface area contributed by atoms with Gasteiger partial charge in [0.25, 0.3) is 5.56 Å². The number of hydrogen-bond acceptors (Lipinski definition) is 3. The average Bonchev–Trinajstić information content (AvgIpc) is 2.96. The molecule has 0 aliphatic heterocycles. The van der Waals surface area contributed by atoms with Crippen molar-refractivity contribution in [1.82, 2.24) is 14.8 Å². The Bertz CT molecular complexity index is 1170. The highest BCUT2D eigenvalue weighted by molar-refractivity contribution is 9.10. The molecule has 28 heavy (non-hydrogen) atoms. The van der Waals surface area contributed by atoms with Crippen LogP contribution in [-0.2, 0) is 24.5 Å². The molecule has 0 aliphatic carbocycles. The van der Waals surface area contributed by atoms with E-state index in [-0.39, 0.29) is 18.1 Å². The molecule has 142 valence electrons. The third-order valence-corrected chi connectivity index (χ3v) is 5.42. The predicted octanol–water partition coefficient (Wildman–Crippen LogP) is 4.39. The Kier molecular flexibility index (Phi) is 5.36. The summed E-state index contributed by atoms with van der Waals surface area (Å²) in [6.45, 7) is 0.697. The molecule has 1 N–H and O–H groups in total. The number of benzene rings is 2. The lowest BCUT2D eigenvalue weighted by Gasteiger charge is -2.09. The summed E-state index contributed by atoms with van der Waals surface area (Å²) in [4.78, 5) is 12.5. The Labute approximate surface area is 168 Å². The van der Waals surface area contributed by atoms with Crippen molar-refractivity contribution in [2.75, 3.05) is 0 Å². The topological polar surface area (TPSA) is 59.9 Å². The standard InChI is InChI=1S/C21H17BrFN3O2/c22-20-17(10-15-7-4-8-16(23)9-15)19-18(11-24-25-21(19)27)26(20)13-28-12-14-5-2-1-3-6-14/h1-9,11H,10,12-13H2,(H,25,27). The Balaban J connectivity index is 1.68. The number of hydrogen-bond donors (Lipinski definition) is 1. The first-order valence-electron chi connectivity index (χ1n) is 8.74. The van der Waals surface area contributed by atoms with Crippen molar-refractivity contribution in [1.29, 1.82) is 0 Å². The first kappa shape index (κ1) is 18.6. The SMILES string of the molecule is O=c1[nH]ncc2c1c(Cc1cccc(F)c1)c(Br)n2COCc1ccccc1. The number of aromatic amines is 1. The quantitative estimate of drug-likeness (QED) is 0.482. The minimum absolute atomic E-state index is 0.250. The lowest BCUT2D eigenvalue weighted by Crippen LogP contribution is -2.09. The zero-order chi connectivity index (χ0) is 19.5. The van der Waals surface area contributed by atoms with Crippen LogP contribution in [0.3, 0.4) is 0 Å². The summed E-state index contributed by atoms with van der Waals surface area (Å²) in [5.41, 5.74) is 2.99. The summed E-state index contributed by atoms with van der Waals surface area (Å²) in [5.74, 6) is -0.306. The van der Waals surface area contributed by atoms with Gasteiger partial charge in [-0.15, -0.1) is 0 Å². The Morgan fingerprint density at radius 3 is 2.68 bits per heavy atom. The van der Waals surface area contributed by atoms with E-state index in [1.807, 2.05) is 41.0 Å². The fourth-order valence-corrected chi connectivity index (χ4v) is 3.86. The highest BCUT2D eigenvalue weighted by Crippen LogP contribution is 2.30. The van der Waals surface area contributed by atoms with Crippen molar-refractivity contribution >= 4 is 26.8 Å². The van der Waals surface area contributed by atoms with Crippen molar-refractivity contribution in [3.05, 3.63) is 98.3 Å². The monoisotopic (exact) mass is 441 g/mol. The second kappa shape index (κ2) is 8.08. The molecule has 0 unspecified atom stereocenters. The van der Waals surface area contributed by atoms with E-state index in [2.05, 4.69) is 26.1 Å². The first-order valence-corrected chi connectivity index (χ1v) is 9.53. The molecule has 4 rings (SSSR count). The van der Waals surface area contributed by atoms with Crippen LogP contribution in [0.1, 0.15) is 16.7 Å². The zero-order valence-corrected chi connectivity index (χ0v) is 16.4. The molecular weight excluding hydrogens is 425 g/mol. The van der Waals surface area contributed by atoms with E-state index < -0.39 is 0 Å². The summed E-state index contributed by atoms with van der Waals surface area (Å²) in [6.07, 6.45) is 2.01. The minimum Gasteiger partial charge on any atom is -0.356 e. The number of rotatable bonds is 6. The maximum atomic E-state index is 13.6. The van der Waals surface area contributed by atoms with Crippen molar-refractivity contribution in [3.63, 3.8) is 0 Å². The van der Waals surface area contributed by atoms with Gasteiger partial charge in [0.1, 0.15) is 12.5 Å². The van der Waals surface area contributed by atoms with Gasteiger partial charge in [-0.05, 0) is 39.2 Å². The molecule has 2 heterocycles. The highest BCUT2D eigenvalue weighted by Gasteiger charge is 2.19. The summed E-state index contributed by atoms with van der Waals surface area (Å²) in [6, 6.07) is 16.2. The molecule has 0 saturated carbocycles. The molecular formula is C21H17BrFN3O2. The molecule has 2 aromatic carbocycles. The van der Waals surface area contributed by atoms with Gasteiger partial charge in [-0.25, -0.2) is 9.49 Å². The van der Waals surface area contributed by atoms with Crippen molar-refractivity contribution in [2.45, 2.75) is 19.8 Å². The van der Waals surface area contributed by atoms with Crippen LogP contribution < -0.4 is 5.56 Å². The average molecular weight is 442 g/mol. The Morgan fingerprint density at radius 1 is 1.11 bits per heavy atom. The minimum atomic E-state index is -0.306. The van der Waals surface area contributed by atoms with E-state index >= 15 is 0 Å². The van der Waals surface area contributed by atoms with Gasteiger partial charge in [0.05, 0.1) is 28.3 Å². The van der Waals surface area contributed by atoms with E-state index in [4.69, 9.17) is 4.74 Å². The van der Waals surface area contributed by atoms with Crippen molar-refractivity contribution in [3.8, 4) is 0 Å². The molecule has 0 aliphatic rings. The summed E-state index contributed by atoms with van der Waals surface area (Å²) in [7, 11) is 0. The van der Waals surface area contributed by atoms with Crippen LogP contribution in [0, 0.1) is 5.82 Å². The normalized spacial score (nSPS) is 11.2. The molecule has 0 amide bonds. The van der Waals surface area contributed by atoms with Gasteiger partial charge in [-0.2, -0.15) is 5.10 Å². The van der Waals surface area contributed by atoms with Gasteiger partial charge in [0, 0.05) is 12.0 Å². The zero-order valence-electron chi connectivity index (χ0n) is 14.9. The number of nitrogens with zero attached hydrogens (tertiary/aromatic N) is 2. The van der Waals surface area contributed by atoms with Crippen molar-refractivity contribution in [2.24, 2.45) is 0 Å². The molecule has 4 aromatic rings. The second-order valence-corrected chi connectivity index (χ2v) is 7.18. The Morgan fingerprint density at radius 2 is 1.89 bits per heavy atom. The van der Waals surface area contributed by atoms with Crippen LogP contribution in [0.4, 0.5) is 4.39 Å². The molecule has 0 radical (unpaired) electrons. The van der Waals surface area contributed by atoms with E-state index in [0.29, 0.717) is 23.9 Å². The smallest absolute Gasteiger partial charge is 0.273 e. The van der Waals surface area contributed by atoms with Crippen LogP contribution in [-0.4, -0.2) is 14.8 Å². The number of H-pyrrole nitrogens is 1. The lowest BCUT2D eigenvalue weighted by molar-refractivity contribution is 0.0654. The molecule has 0 saturated heterocycles. The highest BCUT2D eigenvalue weighted by atomic mass is 79.9. The van der Waals surface area contributed by atoms with Gasteiger partial charge < -0.3 is 9.30 Å². The van der Waals surface area contributed by atoms with Crippen molar-refractivity contribution < 1.29 is 9.13 Å². The van der Waals surface area contributed by atoms with Crippen LogP contribution >= 0.6 is 15.9 Å². The fraction of sp³-hybridized carbons (Fsp3) is 0.143. The summed E-state index contributed by atoms with van der Waals surface area (Å²) >= 11 is 3.60. The number of fused-ring (bicyclic) bond motifs is 1. The first-order chi connectivity index (χ1) is 13.6. The number of halogens is 2. The number of nitrogens with one attached hydrogen (secondary N) is 1. The van der Waals surface area contributed by atoms with Gasteiger partial charge in [0.15, 0.2) is 0 Å². The van der Waals surface area contributed by atoms with Crippen LogP contribution in [0.25, 0.3) is 10.9 Å². The maximum Gasteiger partial charge on any atom is 0.273 e. The molecule has 0 bridgehead atoms. The molecule has 7 heteroatoms. The van der Waals surface area contributed by atoms with Gasteiger partial charge in [-0.1, -0.05) is 42.5 Å². The van der Waals surface area contributed by atoms with Gasteiger partial charge in [0.2, 0.25) is 0 Å². The van der Waals surface area contributed by atoms with E-state index in [1.54, 1.807) is 12.3 Å². The summed E-state index contributed by atoms with van der Waals surface area (Å²) in [5, 5.41) is 6.92. The third kappa shape index (κ3) is 3.76. The molecule has 2 aromatic heterocycles. The molecule has 0 fully saturated rings. The largest absolute Gasteiger partial charge is 0.356 e. The Hall–Kier alpha value is -2.77. The molecule has 5 nitrogen and oxygen atoms in total. The predicted molar refractivity (Wildman–Crippen MR) is 108 cm³/mol. The van der Waals surface area contributed by atoms with E-state index in [0.717, 1.165) is 21.3 Å². The second-order valence-electron chi connectivity index (χ2n) is 6.43. The van der Waals surface area contributed by atoms with Crippen LogP contribution in [0.2, 0.25) is 0 Å². The number of ether oxygens (including phenoxy) is 1.